The molecule has 0 radical (unpaired) electrons. The molecule has 0 spiro atoms. The molecule has 0 aromatic heterocycles. The van der Waals surface area contributed by atoms with E-state index in [0.717, 1.165) is 12.0 Å². The zero-order valence-electron chi connectivity index (χ0n) is 7.66. The first-order chi connectivity index (χ1) is 6.09. The molecule has 4 N–H and O–H groups in total. The molecule has 1 aromatic carbocycles. The smallest absolute Gasteiger partial charge is 0.248 e. The zero-order chi connectivity index (χ0) is 9.84. The Kier molecular flexibility index (Phi) is 3.03. The van der Waals surface area contributed by atoms with Crippen molar-refractivity contribution in [1.29, 1.82) is 0 Å². The molecular weight excluding hydrogens is 164 g/mol. The third kappa shape index (κ3) is 2.87. The molecule has 0 heterocycles. The van der Waals surface area contributed by atoms with Crippen LogP contribution in [0.5, 0.6) is 0 Å². The summed E-state index contributed by atoms with van der Waals surface area (Å²) in [5.41, 5.74) is 12.4. The summed E-state index contributed by atoms with van der Waals surface area (Å²) in [6, 6.07) is 7.34. The van der Waals surface area contributed by atoms with Crippen LogP contribution in [0.4, 0.5) is 0 Å². The highest BCUT2D eigenvalue weighted by atomic mass is 16.1. The minimum absolute atomic E-state index is 0.138. The first-order valence-electron chi connectivity index (χ1n) is 4.24. The third-order valence-corrected chi connectivity index (χ3v) is 1.80. The number of hydrogen-bond donors (Lipinski definition) is 2. The number of nitrogens with two attached hydrogens (primary N) is 2. The molecular formula is C10H14N2O. The Bertz CT molecular complexity index is 290. The van der Waals surface area contributed by atoms with Gasteiger partial charge in [0.25, 0.3) is 0 Å². The van der Waals surface area contributed by atoms with Gasteiger partial charge in [0.2, 0.25) is 5.91 Å². The highest BCUT2D eigenvalue weighted by Crippen LogP contribution is 2.05. The van der Waals surface area contributed by atoms with Gasteiger partial charge in [-0.2, -0.15) is 0 Å². The van der Waals surface area contributed by atoms with Crippen LogP contribution in [-0.4, -0.2) is 11.9 Å². The number of primary amides is 1. The number of rotatable bonds is 3. The molecule has 1 rings (SSSR count). The van der Waals surface area contributed by atoms with Gasteiger partial charge in [-0.1, -0.05) is 12.1 Å². The monoisotopic (exact) mass is 178 g/mol. The van der Waals surface area contributed by atoms with Gasteiger partial charge >= 0.3 is 0 Å². The molecule has 0 bridgehead atoms. The summed E-state index contributed by atoms with van der Waals surface area (Å²) in [5.74, 6) is -0.396. The summed E-state index contributed by atoms with van der Waals surface area (Å²) < 4.78 is 0. The van der Waals surface area contributed by atoms with E-state index in [2.05, 4.69) is 0 Å². The van der Waals surface area contributed by atoms with Crippen LogP contribution >= 0.6 is 0 Å². The second kappa shape index (κ2) is 4.05. The Labute approximate surface area is 77.7 Å². The van der Waals surface area contributed by atoms with Gasteiger partial charge in [0, 0.05) is 11.6 Å². The Morgan fingerprint density at radius 2 is 1.92 bits per heavy atom. The molecule has 70 valence electrons. The maximum atomic E-state index is 10.7. The summed E-state index contributed by atoms with van der Waals surface area (Å²) in [4.78, 5) is 10.7. The van der Waals surface area contributed by atoms with E-state index in [1.165, 1.54) is 0 Å². The van der Waals surface area contributed by atoms with Gasteiger partial charge < -0.3 is 11.5 Å². The standard InChI is InChI=1S/C10H14N2O/c1-7(11)6-8-2-4-9(5-3-8)10(12)13/h2-5,7H,6,11H2,1H3,(H2,12,13)/t7-/m1/s1. The van der Waals surface area contributed by atoms with Crippen molar-refractivity contribution in [3.05, 3.63) is 35.4 Å². The van der Waals surface area contributed by atoms with E-state index in [1.54, 1.807) is 12.1 Å². The molecule has 13 heavy (non-hydrogen) atoms. The largest absolute Gasteiger partial charge is 0.366 e. The number of amides is 1. The normalized spacial score (nSPS) is 12.5. The SMILES string of the molecule is C[C@@H](N)Cc1ccc(C(N)=O)cc1. The fourth-order valence-corrected chi connectivity index (χ4v) is 1.18. The molecule has 0 aliphatic rings. The molecule has 3 heteroatoms. The van der Waals surface area contributed by atoms with E-state index < -0.39 is 5.91 Å². The van der Waals surface area contributed by atoms with Crippen molar-refractivity contribution < 1.29 is 4.79 Å². The number of carbonyl (C=O) groups is 1. The van der Waals surface area contributed by atoms with Crippen LogP contribution in [0.25, 0.3) is 0 Å². The number of carbonyl (C=O) groups excluding carboxylic acids is 1. The molecule has 0 saturated heterocycles. The number of hydrogen-bond acceptors (Lipinski definition) is 2. The topological polar surface area (TPSA) is 69.1 Å². The molecule has 1 amide bonds. The Hall–Kier alpha value is -1.35. The lowest BCUT2D eigenvalue weighted by atomic mass is 10.1. The minimum Gasteiger partial charge on any atom is -0.366 e. The van der Waals surface area contributed by atoms with Crippen LogP contribution in [0.15, 0.2) is 24.3 Å². The summed E-state index contributed by atoms with van der Waals surface area (Å²) in [7, 11) is 0. The molecule has 3 nitrogen and oxygen atoms in total. The van der Waals surface area contributed by atoms with Gasteiger partial charge in [0.1, 0.15) is 0 Å². The second-order valence-electron chi connectivity index (χ2n) is 3.24. The van der Waals surface area contributed by atoms with E-state index in [9.17, 15) is 4.79 Å². The van der Waals surface area contributed by atoms with Crippen LogP contribution < -0.4 is 11.5 Å². The fourth-order valence-electron chi connectivity index (χ4n) is 1.18. The minimum atomic E-state index is -0.396. The molecule has 0 unspecified atom stereocenters. The van der Waals surface area contributed by atoms with E-state index in [1.807, 2.05) is 19.1 Å². The molecule has 0 aliphatic heterocycles. The van der Waals surface area contributed by atoms with E-state index >= 15 is 0 Å². The van der Waals surface area contributed by atoms with Gasteiger partial charge in [0.05, 0.1) is 0 Å². The van der Waals surface area contributed by atoms with Crippen molar-refractivity contribution >= 4 is 5.91 Å². The molecule has 0 saturated carbocycles. The molecule has 1 atom stereocenters. The van der Waals surface area contributed by atoms with Gasteiger partial charge in [0.15, 0.2) is 0 Å². The fraction of sp³-hybridized carbons (Fsp3) is 0.300. The van der Waals surface area contributed by atoms with Crippen LogP contribution in [0.3, 0.4) is 0 Å². The van der Waals surface area contributed by atoms with Gasteiger partial charge in [-0.15, -0.1) is 0 Å². The van der Waals surface area contributed by atoms with Crippen LogP contribution in [0.1, 0.15) is 22.8 Å². The first kappa shape index (κ1) is 9.74. The lowest BCUT2D eigenvalue weighted by molar-refractivity contribution is 0.100. The third-order valence-electron chi connectivity index (χ3n) is 1.80. The van der Waals surface area contributed by atoms with Crippen LogP contribution in [0, 0.1) is 0 Å². The highest BCUT2D eigenvalue weighted by molar-refractivity contribution is 5.92. The summed E-state index contributed by atoms with van der Waals surface area (Å²) >= 11 is 0. The lowest BCUT2D eigenvalue weighted by Crippen LogP contribution is -2.18. The van der Waals surface area contributed by atoms with Crippen molar-refractivity contribution in [3.8, 4) is 0 Å². The van der Waals surface area contributed by atoms with Gasteiger partial charge in [-0.3, -0.25) is 4.79 Å². The maximum Gasteiger partial charge on any atom is 0.248 e. The van der Waals surface area contributed by atoms with Crippen LogP contribution in [0.2, 0.25) is 0 Å². The summed E-state index contributed by atoms with van der Waals surface area (Å²) in [6.07, 6.45) is 0.818. The molecule has 1 aromatic rings. The van der Waals surface area contributed by atoms with Crippen molar-refractivity contribution in [1.82, 2.24) is 0 Å². The average Bonchev–Trinajstić information content (AvgIpc) is 2.04. The quantitative estimate of drug-likeness (QED) is 0.714. The Morgan fingerprint density at radius 1 is 1.38 bits per heavy atom. The van der Waals surface area contributed by atoms with Crippen molar-refractivity contribution in [2.45, 2.75) is 19.4 Å². The number of benzene rings is 1. The van der Waals surface area contributed by atoms with Gasteiger partial charge in [-0.25, -0.2) is 0 Å². The molecule has 0 aliphatic carbocycles. The van der Waals surface area contributed by atoms with Crippen LogP contribution in [-0.2, 0) is 6.42 Å². The van der Waals surface area contributed by atoms with Crippen molar-refractivity contribution in [2.24, 2.45) is 11.5 Å². The highest BCUT2D eigenvalue weighted by Gasteiger charge is 2.00. The van der Waals surface area contributed by atoms with Crippen molar-refractivity contribution in [3.63, 3.8) is 0 Å². The lowest BCUT2D eigenvalue weighted by Gasteiger charge is -2.04. The predicted octanol–water partition coefficient (Wildman–Crippen LogP) is 0.675. The molecule has 0 fully saturated rings. The first-order valence-corrected chi connectivity index (χ1v) is 4.24. The second-order valence-corrected chi connectivity index (χ2v) is 3.24. The van der Waals surface area contributed by atoms with Crippen molar-refractivity contribution in [2.75, 3.05) is 0 Å². The van der Waals surface area contributed by atoms with E-state index in [4.69, 9.17) is 11.5 Å². The average molecular weight is 178 g/mol. The summed E-state index contributed by atoms with van der Waals surface area (Å²) in [5, 5.41) is 0. The summed E-state index contributed by atoms with van der Waals surface area (Å²) in [6.45, 7) is 1.95. The van der Waals surface area contributed by atoms with Gasteiger partial charge in [-0.05, 0) is 31.0 Å². The van der Waals surface area contributed by atoms with E-state index in [0.29, 0.717) is 5.56 Å². The predicted molar refractivity (Wildman–Crippen MR) is 52.3 cm³/mol. The maximum absolute atomic E-state index is 10.7. The zero-order valence-corrected chi connectivity index (χ0v) is 7.66. The Morgan fingerprint density at radius 3 is 2.31 bits per heavy atom. The Balaban J connectivity index is 2.75. The van der Waals surface area contributed by atoms with E-state index in [-0.39, 0.29) is 6.04 Å².